The molecule has 0 saturated heterocycles. The van der Waals surface area contributed by atoms with E-state index >= 15 is 0 Å². The van der Waals surface area contributed by atoms with Gasteiger partial charge < -0.3 is 33.8 Å². The van der Waals surface area contributed by atoms with Crippen LogP contribution >= 0.6 is 15.6 Å². The molecule has 0 aliphatic heterocycles. The first-order valence-corrected chi connectivity index (χ1v) is 48.5. The number of carbonyl (C=O) groups excluding carboxylic acids is 4. The summed E-state index contributed by atoms with van der Waals surface area (Å²) >= 11 is 0. The molecule has 636 valence electrons. The summed E-state index contributed by atoms with van der Waals surface area (Å²) in [7, 11) is -9.93. The monoisotopic (exact) mass is 1560 g/mol. The van der Waals surface area contributed by atoms with Gasteiger partial charge in [-0.1, -0.05) is 420 Å². The minimum atomic E-state index is -4.97. The van der Waals surface area contributed by atoms with Crippen molar-refractivity contribution in [2.75, 3.05) is 39.6 Å². The van der Waals surface area contributed by atoms with Crippen LogP contribution in [0.25, 0.3) is 0 Å². The van der Waals surface area contributed by atoms with E-state index in [2.05, 4.69) is 41.5 Å². The van der Waals surface area contributed by atoms with Gasteiger partial charge in [-0.25, -0.2) is 9.13 Å². The van der Waals surface area contributed by atoms with E-state index in [9.17, 15) is 43.2 Å². The lowest BCUT2D eigenvalue weighted by molar-refractivity contribution is -0.161. The molecule has 3 N–H and O–H groups in total. The summed E-state index contributed by atoms with van der Waals surface area (Å²) in [5, 5.41) is 10.7. The predicted octanol–water partition coefficient (Wildman–Crippen LogP) is 27.0. The highest BCUT2D eigenvalue weighted by atomic mass is 31.2. The number of esters is 4. The molecule has 0 amide bonds. The van der Waals surface area contributed by atoms with Gasteiger partial charge in [0.1, 0.15) is 19.3 Å². The molecule has 3 unspecified atom stereocenters. The second-order valence-electron chi connectivity index (χ2n) is 32.4. The van der Waals surface area contributed by atoms with Crippen molar-refractivity contribution in [2.24, 2.45) is 11.8 Å². The Morgan fingerprint density at radius 1 is 0.271 bits per heavy atom. The highest BCUT2D eigenvalue weighted by Gasteiger charge is 2.31. The highest BCUT2D eigenvalue weighted by molar-refractivity contribution is 7.47. The summed E-state index contributed by atoms with van der Waals surface area (Å²) in [6, 6.07) is 0. The van der Waals surface area contributed by atoms with E-state index in [1.54, 1.807) is 0 Å². The summed E-state index contributed by atoms with van der Waals surface area (Å²) in [4.78, 5) is 73.3. The number of hydrogen-bond donors (Lipinski definition) is 3. The van der Waals surface area contributed by atoms with Crippen molar-refractivity contribution < 1.29 is 80.2 Å². The second-order valence-corrected chi connectivity index (χ2v) is 35.3. The molecule has 17 nitrogen and oxygen atoms in total. The van der Waals surface area contributed by atoms with Crippen molar-refractivity contribution in [1.29, 1.82) is 0 Å². The minimum absolute atomic E-state index is 0.106. The van der Waals surface area contributed by atoms with Gasteiger partial charge in [-0.05, 0) is 37.5 Å². The molecule has 107 heavy (non-hydrogen) atoms. The number of aliphatic hydroxyl groups excluding tert-OH is 1. The topological polar surface area (TPSA) is 237 Å². The number of ether oxygens (including phenoxy) is 4. The normalized spacial score (nSPS) is 14.0. The summed E-state index contributed by atoms with van der Waals surface area (Å²) in [6.45, 7) is 9.66. The van der Waals surface area contributed by atoms with Crippen molar-refractivity contribution in [3.05, 3.63) is 0 Å². The van der Waals surface area contributed by atoms with E-state index in [4.69, 9.17) is 37.0 Å². The van der Waals surface area contributed by atoms with Crippen LogP contribution in [0.3, 0.4) is 0 Å². The molecule has 0 heterocycles. The molecule has 0 aromatic heterocycles. The summed E-state index contributed by atoms with van der Waals surface area (Å²) < 4.78 is 68.9. The standard InChI is InChI=1S/C88H172O17P2/c1-7-10-12-14-16-18-20-22-24-26-28-30-32-34-36-38-40-45-52-58-64-70-85(90)98-76-83(104-87(92)72-66-60-54-46-41-39-37-35-33-31-29-27-25-23-21-19-17-15-13-11-8-2)78-102-106(94,95)100-74-82(89)75-101-107(96,97)103-79-84(77-99-86(91)71-65-59-53-49-48-51-57-63-69-81(6)9-3)105-88(93)73-67-61-55-47-43-42-44-50-56-62-68-80(4)5/h80-84,89H,7-79H2,1-6H3,(H,94,95)(H,96,97)/t81?,82-,83-,84-/m1/s1. The Bertz CT molecular complexity index is 2050. The largest absolute Gasteiger partial charge is 0.472 e. The Morgan fingerprint density at radius 3 is 0.710 bits per heavy atom. The molecule has 0 spiro atoms. The van der Waals surface area contributed by atoms with Crippen LogP contribution in [-0.2, 0) is 65.4 Å². The fourth-order valence-corrected chi connectivity index (χ4v) is 15.3. The molecule has 19 heteroatoms. The van der Waals surface area contributed by atoms with Gasteiger partial charge in [-0.2, -0.15) is 0 Å². The van der Waals surface area contributed by atoms with E-state index in [1.807, 2.05) is 0 Å². The molecular weight excluding hydrogens is 1390 g/mol. The minimum Gasteiger partial charge on any atom is -0.462 e. The number of phosphoric ester groups is 2. The highest BCUT2D eigenvalue weighted by Crippen LogP contribution is 2.45. The zero-order chi connectivity index (χ0) is 78.5. The molecule has 0 rings (SSSR count). The molecule has 0 aliphatic rings. The van der Waals surface area contributed by atoms with Crippen LogP contribution in [0.4, 0.5) is 0 Å². The van der Waals surface area contributed by atoms with Gasteiger partial charge in [0.15, 0.2) is 12.2 Å². The predicted molar refractivity (Wildman–Crippen MR) is 442 cm³/mol. The number of unbranched alkanes of at least 4 members (excludes halogenated alkanes) is 56. The van der Waals surface area contributed by atoms with E-state index in [0.717, 1.165) is 102 Å². The van der Waals surface area contributed by atoms with E-state index in [-0.39, 0.29) is 25.7 Å². The quantitative estimate of drug-likeness (QED) is 0.0222. The molecular formula is C88H172O17P2. The van der Waals surface area contributed by atoms with Gasteiger partial charge in [0.2, 0.25) is 0 Å². The lowest BCUT2D eigenvalue weighted by Gasteiger charge is -2.21. The van der Waals surface area contributed by atoms with Gasteiger partial charge >= 0.3 is 39.5 Å². The molecule has 0 aromatic rings. The van der Waals surface area contributed by atoms with Crippen LogP contribution in [0, 0.1) is 11.8 Å². The van der Waals surface area contributed by atoms with Crippen molar-refractivity contribution >= 4 is 39.5 Å². The van der Waals surface area contributed by atoms with Crippen LogP contribution in [0.5, 0.6) is 0 Å². The first-order chi connectivity index (χ1) is 51.9. The van der Waals surface area contributed by atoms with Gasteiger partial charge in [-0.15, -0.1) is 0 Å². The molecule has 0 bridgehead atoms. The van der Waals surface area contributed by atoms with Crippen molar-refractivity contribution in [1.82, 2.24) is 0 Å². The summed E-state index contributed by atoms with van der Waals surface area (Å²) in [5.41, 5.74) is 0. The average Bonchev–Trinajstić information content (AvgIpc) is 0.908. The van der Waals surface area contributed by atoms with Gasteiger partial charge in [0, 0.05) is 25.7 Å². The lowest BCUT2D eigenvalue weighted by Crippen LogP contribution is -2.30. The molecule has 6 atom stereocenters. The third-order valence-corrected chi connectivity index (χ3v) is 23.0. The fraction of sp³-hybridized carbons (Fsp3) is 0.955. The Labute approximate surface area is 658 Å². The van der Waals surface area contributed by atoms with Crippen molar-refractivity contribution in [3.63, 3.8) is 0 Å². The fourth-order valence-electron chi connectivity index (χ4n) is 13.7. The zero-order valence-electron chi connectivity index (χ0n) is 70.5. The van der Waals surface area contributed by atoms with Crippen molar-refractivity contribution in [2.45, 2.75) is 490 Å². The maximum Gasteiger partial charge on any atom is 0.472 e. The third kappa shape index (κ3) is 80.5. The van der Waals surface area contributed by atoms with Crippen LogP contribution in [0.15, 0.2) is 0 Å². The number of phosphoric acid groups is 2. The number of rotatable bonds is 87. The Balaban J connectivity index is 5.23. The first kappa shape index (κ1) is 105. The maximum absolute atomic E-state index is 13.2. The summed E-state index contributed by atoms with van der Waals surface area (Å²) in [6.07, 6.45) is 72.4. The molecule has 0 fully saturated rings. The first-order valence-electron chi connectivity index (χ1n) is 45.5. The zero-order valence-corrected chi connectivity index (χ0v) is 72.2. The smallest absolute Gasteiger partial charge is 0.462 e. The van der Waals surface area contributed by atoms with Gasteiger partial charge in [-0.3, -0.25) is 37.3 Å². The third-order valence-electron chi connectivity index (χ3n) is 21.1. The van der Waals surface area contributed by atoms with E-state index in [1.165, 1.54) is 289 Å². The number of carbonyl (C=O) groups is 4. The molecule has 0 aromatic carbocycles. The molecule has 0 aliphatic carbocycles. The molecule has 0 radical (unpaired) electrons. The number of hydrogen-bond acceptors (Lipinski definition) is 15. The van der Waals surface area contributed by atoms with Crippen LogP contribution in [-0.4, -0.2) is 96.7 Å². The average molecular weight is 1560 g/mol. The Kier molecular flexibility index (Phi) is 77.9. The van der Waals surface area contributed by atoms with Crippen molar-refractivity contribution in [3.8, 4) is 0 Å². The van der Waals surface area contributed by atoms with Crippen LogP contribution in [0.2, 0.25) is 0 Å². The molecule has 0 saturated carbocycles. The van der Waals surface area contributed by atoms with Crippen LogP contribution < -0.4 is 0 Å². The number of aliphatic hydroxyl groups is 1. The van der Waals surface area contributed by atoms with E-state index < -0.39 is 97.5 Å². The van der Waals surface area contributed by atoms with Gasteiger partial charge in [0.25, 0.3) is 0 Å². The lowest BCUT2D eigenvalue weighted by atomic mass is 9.99. The Hall–Kier alpha value is -1.94. The Morgan fingerprint density at radius 2 is 0.477 bits per heavy atom. The van der Waals surface area contributed by atoms with E-state index in [0.29, 0.717) is 25.7 Å². The maximum atomic E-state index is 13.2. The second kappa shape index (κ2) is 79.3. The van der Waals surface area contributed by atoms with Crippen LogP contribution in [0.1, 0.15) is 472 Å². The summed E-state index contributed by atoms with van der Waals surface area (Å²) in [5.74, 6) is -0.573. The van der Waals surface area contributed by atoms with Gasteiger partial charge in [0.05, 0.1) is 26.4 Å². The SMILES string of the molecule is CCCCCCCCCCCCCCCCCCCCCCCC(=O)OC[C@H](COP(=O)(O)OC[C@@H](O)COP(=O)(O)OC[C@@H](COC(=O)CCCCCCCCCCC(C)CC)OC(=O)CCCCCCCCCCCCC(C)C)OC(=O)CCCCCCCCCCCCCCCCCCCCCCC.